The number of aromatic nitrogens is 1. The highest BCUT2D eigenvalue weighted by Gasteiger charge is 2.46. The van der Waals surface area contributed by atoms with Gasteiger partial charge in [-0.15, -0.1) is 0 Å². The molecule has 1 aliphatic rings. The number of pyridine rings is 1. The van der Waals surface area contributed by atoms with Crippen LogP contribution in [0.3, 0.4) is 0 Å². The molecule has 7 nitrogen and oxygen atoms in total. The maximum absolute atomic E-state index is 13.0. The summed E-state index contributed by atoms with van der Waals surface area (Å²) in [6, 6.07) is 12.9. The monoisotopic (exact) mass is 416 g/mol. The number of furan rings is 1. The smallest absolute Gasteiger partial charge is 0.296 e. The Morgan fingerprint density at radius 2 is 1.90 bits per heavy atom. The van der Waals surface area contributed by atoms with Crippen LogP contribution in [-0.2, 0) is 16.1 Å². The molecule has 156 valence electrons. The van der Waals surface area contributed by atoms with Crippen LogP contribution in [0.5, 0.6) is 5.75 Å². The predicted octanol–water partition coefficient (Wildman–Crippen LogP) is 3.86. The van der Waals surface area contributed by atoms with Gasteiger partial charge in [0.05, 0.1) is 24.4 Å². The van der Waals surface area contributed by atoms with E-state index in [4.69, 9.17) is 9.15 Å². The van der Waals surface area contributed by atoms with Crippen LogP contribution in [0.2, 0.25) is 0 Å². The van der Waals surface area contributed by atoms with Crippen molar-refractivity contribution in [1.29, 1.82) is 0 Å². The molecule has 3 aromatic rings. The second-order valence-corrected chi connectivity index (χ2v) is 6.91. The molecule has 0 spiro atoms. The average molecular weight is 416 g/mol. The Balaban J connectivity index is 1.80. The van der Waals surface area contributed by atoms with Crippen molar-refractivity contribution < 1.29 is 23.8 Å². The van der Waals surface area contributed by atoms with Crippen LogP contribution in [0, 0.1) is 0 Å². The van der Waals surface area contributed by atoms with Gasteiger partial charge < -0.3 is 19.2 Å². The zero-order chi connectivity index (χ0) is 21.8. The summed E-state index contributed by atoms with van der Waals surface area (Å²) in [6.07, 6.45) is 6.16. The summed E-state index contributed by atoms with van der Waals surface area (Å²) in [5, 5.41) is 10.9. The van der Waals surface area contributed by atoms with E-state index in [0.29, 0.717) is 29.2 Å². The lowest BCUT2D eigenvalue weighted by Gasteiger charge is -2.24. The molecule has 1 atom stereocenters. The Bertz CT molecular complexity index is 1120. The minimum absolute atomic E-state index is 0.0162. The van der Waals surface area contributed by atoms with Crippen molar-refractivity contribution in [3.63, 3.8) is 0 Å². The largest absolute Gasteiger partial charge is 0.507 e. The first-order valence-electron chi connectivity index (χ1n) is 9.65. The number of ketones is 1. The van der Waals surface area contributed by atoms with Crippen molar-refractivity contribution >= 4 is 17.4 Å². The molecule has 1 fully saturated rings. The number of benzene rings is 1. The molecule has 1 aliphatic heterocycles. The predicted molar refractivity (Wildman–Crippen MR) is 113 cm³/mol. The van der Waals surface area contributed by atoms with Gasteiger partial charge in [0, 0.05) is 18.0 Å². The fourth-order valence-electron chi connectivity index (χ4n) is 3.53. The van der Waals surface area contributed by atoms with Crippen molar-refractivity contribution in [3.8, 4) is 5.75 Å². The van der Waals surface area contributed by atoms with E-state index in [-0.39, 0.29) is 17.9 Å². The van der Waals surface area contributed by atoms with Gasteiger partial charge in [-0.1, -0.05) is 24.8 Å². The first-order valence-corrected chi connectivity index (χ1v) is 9.65. The molecule has 1 aromatic carbocycles. The van der Waals surface area contributed by atoms with Crippen molar-refractivity contribution in [3.05, 3.63) is 102 Å². The Labute approximate surface area is 178 Å². The molecule has 0 bridgehead atoms. The van der Waals surface area contributed by atoms with Crippen LogP contribution in [-0.4, -0.2) is 33.3 Å². The van der Waals surface area contributed by atoms with E-state index in [9.17, 15) is 14.7 Å². The Morgan fingerprint density at radius 3 is 2.55 bits per heavy atom. The van der Waals surface area contributed by atoms with Crippen LogP contribution in [0.15, 0.2) is 89.8 Å². The normalized spacial score (nSPS) is 17.7. The van der Waals surface area contributed by atoms with E-state index in [1.54, 1.807) is 54.6 Å². The molecule has 1 unspecified atom stereocenters. The lowest BCUT2D eigenvalue weighted by Crippen LogP contribution is -2.29. The van der Waals surface area contributed by atoms with Crippen LogP contribution in [0.4, 0.5) is 0 Å². The molecule has 0 aliphatic carbocycles. The van der Waals surface area contributed by atoms with E-state index in [2.05, 4.69) is 11.6 Å². The number of ether oxygens (including phenoxy) is 1. The van der Waals surface area contributed by atoms with Gasteiger partial charge >= 0.3 is 0 Å². The second kappa shape index (κ2) is 8.71. The van der Waals surface area contributed by atoms with Crippen molar-refractivity contribution in [2.45, 2.75) is 12.6 Å². The summed E-state index contributed by atoms with van der Waals surface area (Å²) < 4.78 is 10.9. The van der Waals surface area contributed by atoms with E-state index in [1.165, 1.54) is 23.6 Å². The number of carbonyl (C=O) groups is 2. The summed E-state index contributed by atoms with van der Waals surface area (Å²) in [4.78, 5) is 31.2. The Hall–Kier alpha value is -4.13. The standard InChI is InChI=1S/C24H20N2O5/c1-2-13-30-18-7-5-16(6-8-18)21-20(22(27)17-9-11-25-12-10-17)23(28)24(29)26(21)15-19-4-3-14-31-19/h2-12,14,21,27H,1,13,15H2/b22-20+. The molecule has 0 radical (unpaired) electrons. The van der Waals surface area contributed by atoms with Gasteiger partial charge in [0.25, 0.3) is 11.7 Å². The minimum atomic E-state index is -0.785. The average Bonchev–Trinajstić information content (AvgIpc) is 3.41. The van der Waals surface area contributed by atoms with Crippen molar-refractivity contribution in [1.82, 2.24) is 9.88 Å². The highest BCUT2D eigenvalue weighted by molar-refractivity contribution is 6.46. The van der Waals surface area contributed by atoms with Crippen LogP contribution in [0.25, 0.3) is 5.76 Å². The number of aliphatic hydroxyl groups excluding tert-OH is 1. The SMILES string of the molecule is C=CCOc1ccc(C2/C(=C(\O)c3ccncc3)C(=O)C(=O)N2Cc2ccco2)cc1. The molecule has 0 saturated carbocycles. The van der Waals surface area contributed by atoms with Gasteiger partial charge in [-0.25, -0.2) is 0 Å². The summed E-state index contributed by atoms with van der Waals surface area (Å²) in [5.41, 5.74) is 1.08. The number of amides is 1. The van der Waals surface area contributed by atoms with Crippen molar-refractivity contribution in [2.24, 2.45) is 0 Å². The van der Waals surface area contributed by atoms with Crippen LogP contribution in [0.1, 0.15) is 22.9 Å². The number of aliphatic hydroxyl groups is 1. The summed E-state index contributed by atoms with van der Waals surface area (Å²) >= 11 is 0. The lowest BCUT2D eigenvalue weighted by atomic mass is 9.95. The van der Waals surface area contributed by atoms with Crippen LogP contribution < -0.4 is 4.74 Å². The van der Waals surface area contributed by atoms with E-state index < -0.39 is 17.7 Å². The Morgan fingerprint density at radius 1 is 1.16 bits per heavy atom. The summed E-state index contributed by atoms with van der Waals surface area (Å²) in [6.45, 7) is 4.07. The Kier molecular flexibility index (Phi) is 5.66. The van der Waals surface area contributed by atoms with Gasteiger partial charge in [0.1, 0.15) is 23.9 Å². The number of nitrogens with zero attached hydrogens (tertiary/aromatic N) is 2. The molecule has 7 heteroatoms. The number of hydrogen-bond acceptors (Lipinski definition) is 6. The number of rotatable bonds is 7. The fraction of sp³-hybridized carbons (Fsp3) is 0.125. The number of carbonyl (C=O) groups excluding carboxylic acids is 2. The molecule has 1 saturated heterocycles. The first-order chi connectivity index (χ1) is 15.1. The topological polar surface area (TPSA) is 92.9 Å². The van der Waals surface area contributed by atoms with Crippen molar-refractivity contribution in [2.75, 3.05) is 6.61 Å². The van der Waals surface area contributed by atoms with Crippen LogP contribution >= 0.6 is 0 Å². The van der Waals surface area contributed by atoms with Gasteiger partial charge in [0.15, 0.2) is 0 Å². The molecule has 2 aromatic heterocycles. The minimum Gasteiger partial charge on any atom is -0.507 e. The molecule has 3 heterocycles. The maximum Gasteiger partial charge on any atom is 0.296 e. The van der Waals surface area contributed by atoms with Gasteiger partial charge in [-0.2, -0.15) is 0 Å². The zero-order valence-corrected chi connectivity index (χ0v) is 16.6. The molecule has 1 N–H and O–H groups in total. The number of hydrogen-bond donors (Lipinski definition) is 1. The highest BCUT2D eigenvalue weighted by Crippen LogP contribution is 2.40. The van der Waals surface area contributed by atoms with Gasteiger partial charge in [-0.05, 0) is 42.0 Å². The second-order valence-electron chi connectivity index (χ2n) is 6.91. The molecular formula is C24H20N2O5. The third-order valence-electron chi connectivity index (χ3n) is 4.96. The number of Topliss-reactive ketones (excluding diaryl/α,β-unsaturated/α-hetero) is 1. The molecule has 31 heavy (non-hydrogen) atoms. The van der Waals surface area contributed by atoms with Gasteiger partial charge in [-0.3, -0.25) is 14.6 Å². The third-order valence-corrected chi connectivity index (χ3v) is 4.96. The zero-order valence-electron chi connectivity index (χ0n) is 16.6. The molecular weight excluding hydrogens is 396 g/mol. The fourth-order valence-corrected chi connectivity index (χ4v) is 3.53. The van der Waals surface area contributed by atoms with Gasteiger partial charge in [0.2, 0.25) is 0 Å². The first kappa shape index (κ1) is 20.2. The van der Waals surface area contributed by atoms with E-state index in [0.717, 1.165) is 0 Å². The molecule has 4 rings (SSSR count). The summed E-state index contributed by atoms with van der Waals surface area (Å²) in [7, 11) is 0. The maximum atomic E-state index is 13.0. The molecule has 1 amide bonds. The van der Waals surface area contributed by atoms with E-state index >= 15 is 0 Å². The third kappa shape index (κ3) is 3.98. The lowest BCUT2D eigenvalue weighted by molar-refractivity contribution is -0.140. The highest BCUT2D eigenvalue weighted by atomic mass is 16.5. The quantitative estimate of drug-likeness (QED) is 0.272. The summed E-state index contributed by atoms with van der Waals surface area (Å²) in [5.74, 6) is -0.552. The number of likely N-dealkylation sites (tertiary alicyclic amines) is 1. The van der Waals surface area contributed by atoms with E-state index in [1.807, 2.05) is 0 Å².